The normalized spacial score (nSPS) is 24.4. The zero-order chi connectivity index (χ0) is 15.0. The van der Waals surface area contributed by atoms with Gasteiger partial charge in [0.2, 0.25) is 11.8 Å². The van der Waals surface area contributed by atoms with Gasteiger partial charge in [-0.1, -0.05) is 0 Å². The highest BCUT2D eigenvalue weighted by Gasteiger charge is 2.46. The van der Waals surface area contributed by atoms with Gasteiger partial charge in [-0.05, 0) is 24.3 Å². The lowest BCUT2D eigenvalue weighted by Crippen LogP contribution is -2.42. The van der Waals surface area contributed by atoms with Crippen LogP contribution in [0, 0.1) is 0 Å². The molecule has 112 valence electrons. The Morgan fingerprint density at radius 3 is 3.05 bits per heavy atom. The molecule has 3 heterocycles. The summed E-state index contributed by atoms with van der Waals surface area (Å²) in [5.41, 5.74) is 5.77. The van der Waals surface area contributed by atoms with E-state index >= 15 is 0 Å². The van der Waals surface area contributed by atoms with Crippen molar-refractivity contribution in [2.45, 2.75) is 31.4 Å². The summed E-state index contributed by atoms with van der Waals surface area (Å²) in [6.07, 6.45) is 1.33. The fraction of sp³-hybridized carbons (Fsp3) is 0.500. The number of carbonyl (C=O) groups is 3. The molecule has 3 rings (SSSR count). The van der Waals surface area contributed by atoms with E-state index in [0.29, 0.717) is 24.9 Å². The lowest BCUT2D eigenvalue weighted by atomic mass is 10.1. The third-order valence-corrected chi connectivity index (χ3v) is 4.99. The van der Waals surface area contributed by atoms with Crippen LogP contribution in [0.2, 0.25) is 0 Å². The monoisotopic (exact) mass is 308 g/mol. The molecular weight excluding hydrogens is 292 g/mol. The van der Waals surface area contributed by atoms with Crippen molar-refractivity contribution in [1.82, 2.24) is 4.90 Å². The average Bonchev–Trinajstić information content (AvgIpc) is 3.13. The highest BCUT2D eigenvalue weighted by molar-refractivity contribution is 7.10. The van der Waals surface area contributed by atoms with Crippen LogP contribution in [-0.4, -0.2) is 47.8 Å². The van der Waals surface area contributed by atoms with Gasteiger partial charge in [-0.2, -0.15) is 0 Å². The Morgan fingerprint density at radius 2 is 2.29 bits per heavy atom. The topological polar surface area (TPSA) is 89.7 Å². The molecule has 0 radical (unpaired) electrons. The van der Waals surface area contributed by atoms with Crippen molar-refractivity contribution in [3.8, 4) is 0 Å². The predicted molar refractivity (Wildman–Crippen MR) is 76.0 cm³/mol. The van der Waals surface area contributed by atoms with E-state index < -0.39 is 11.9 Å². The second kappa shape index (κ2) is 5.57. The first kappa shape index (κ1) is 14.2. The van der Waals surface area contributed by atoms with Gasteiger partial charge >= 0.3 is 0 Å². The van der Waals surface area contributed by atoms with E-state index in [0.717, 1.165) is 4.88 Å². The van der Waals surface area contributed by atoms with Crippen LogP contribution in [-0.2, 0) is 20.7 Å². The number of aryl methyl sites for hydroxylation is 1. The third kappa shape index (κ3) is 2.58. The molecule has 2 aliphatic rings. The number of ketones is 1. The number of likely N-dealkylation sites (tertiary alicyclic amines) is 1. The fourth-order valence-electron chi connectivity index (χ4n) is 2.99. The second-order valence-corrected chi connectivity index (χ2v) is 6.26. The zero-order valence-electron chi connectivity index (χ0n) is 11.4. The Hall–Kier alpha value is -1.73. The molecule has 21 heavy (non-hydrogen) atoms. The number of nitrogens with zero attached hydrogens (tertiary/aromatic N) is 1. The molecule has 0 aromatic carbocycles. The van der Waals surface area contributed by atoms with Crippen LogP contribution in [0.5, 0.6) is 0 Å². The zero-order valence-corrected chi connectivity index (χ0v) is 12.2. The number of amides is 2. The summed E-state index contributed by atoms with van der Waals surface area (Å²) in [7, 11) is 0. The number of fused-ring (bicyclic) bond motifs is 1. The van der Waals surface area contributed by atoms with E-state index in [9.17, 15) is 14.4 Å². The number of hydrogen-bond donors (Lipinski definition) is 1. The van der Waals surface area contributed by atoms with E-state index in [2.05, 4.69) is 0 Å². The van der Waals surface area contributed by atoms with E-state index in [-0.39, 0.29) is 30.8 Å². The number of Topliss-reactive ketones (excluding diaryl/α,β-unsaturated/α-hetero) is 1. The molecule has 2 fully saturated rings. The molecule has 2 aliphatic heterocycles. The number of thiophene rings is 1. The van der Waals surface area contributed by atoms with Gasteiger partial charge in [-0.3, -0.25) is 14.4 Å². The molecule has 0 aliphatic carbocycles. The van der Waals surface area contributed by atoms with Gasteiger partial charge < -0.3 is 15.4 Å². The minimum absolute atomic E-state index is 0.0141. The molecule has 2 unspecified atom stereocenters. The maximum absolute atomic E-state index is 12.3. The van der Waals surface area contributed by atoms with Gasteiger partial charge in [0.05, 0.1) is 11.7 Å². The van der Waals surface area contributed by atoms with Crippen LogP contribution in [0.4, 0.5) is 0 Å². The molecule has 2 N–H and O–H groups in total. The van der Waals surface area contributed by atoms with Gasteiger partial charge in [0.1, 0.15) is 12.6 Å². The molecule has 2 saturated heterocycles. The van der Waals surface area contributed by atoms with Crippen LogP contribution in [0.3, 0.4) is 0 Å². The maximum Gasteiger partial charge on any atom is 0.249 e. The van der Waals surface area contributed by atoms with Crippen molar-refractivity contribution in [3.63, 3.8) is 0 Å². The summed E-state index contributed by atoms with van der Waals surface area (Å²) in [6.45, 7) is 0.670. The van der Waals surface area contributed by atoms with Gasteiger partial charge in [-0.25, -0.2) is 0 Å². The van der Waals surface area contributed by atoms with Crippen molar-refractivity contribution >= 4 is 28.9 Å². The van der Waals surface area contributed by atoms with Crippen LogP contribution < -0.4 is 5.73 Å². The number of hydrogen-bond acceptors (Lipinski definition) is 5. The molecule has 0 bridgehead atoms. The van der Waals surface area contributed by atoms with Crippen molar-refractivity contribution in [1.29, 1.82) is 0 Å². The highest BCUT2D eigenvalue weighted by Crippen LogP contribution is 2.28. The molecule has 2 amide bonds. The summed E-state index contributed by atoms with van der Waals surface area (Å²) >= 11 is 1.42. The molecule has 2 atom stereocenters. The minimum atomic E-state index is -0.473. The summed E-state index contributed by atoms with van der Waals surface area (Å²) in [5, 5.41) is 1.79. The van der Waals surface area contributed by atoms with Gasteiger partial charge in [0.25, 0.3) is 0 Å². The molecule has 0 spiro atoms. The maximum atomic E-state index is 12.3. The number of rotatable bonds is 4. The molecule has 1 aromatic heterocycles. The Bertz CT molecular complexity index is 598. The van der Waals surface area contributed by atoms with Crippen LogP contribution >= 0.6 is 11.3 Å². The lowest BCUT2D eigenvalue weighted by molar-refractivity contribution is -0.136. The highest BCUT2D eigenvalue weighted by atomic mass is 32.1. The van der Waals surface area contributed by atoms with Crippen molar-refractivity contribution in [3.05, 3.63) is 21.9 Å². The minimum Gasteiger partial charge on any atom is -0.368 e. The van der Waals surface area contributed by atoms with Crippen molar-refractivity contribution in [2.75, 3.05) is 13.2 Å². The summed E-state index contributed by atoms with van der Waals surface area (Å²) < 4.78 is 5.37. The SMILES string of the molecule is NC(=O)c1ccsc1CCC(=O)N1CCC2OCC(=O)C21. The van der Waals surface area contributed by atoms with Crippen LogP contribution in [0.25, 0.3) is 0 Å². The fourth-order valence-corrected chi connectivity index (χ4v) is 3.88. The Labute approximate surface area is 125 Å². The standard InChI is InChI=1S/C14H16N2O4S/c15-14(19)8-4-6-21-11(8)1-2-12(18)16-5-3-10-13(16)9(17)7-20-10/h4,6,10,13H,1-3,5,7H2,(H2,15,19). The van der Waals surface area contributed by atoms with E-state index in [1.54, 1.807) is 16.3 Å². The number of carbonyl (C=O) groups excluding carboxylic acids is 3. The second-order valence-electron chi connectivity index (χ2n) is 5.26. The summed E-state index contributed by atoms with van der Waals surface area (Å²) in [4.78, 5) is 37.8. The van der Waals surface area contributed by atoms with E-state index in [1.807, 2.05) is 0 Å². The van der Waals surface area contributed by atoms with Crippen molar-refractivity contribution < 1.29 is 19.1 Å². The van der Waals surface area contributed by atoms with E-state index in [4.69, 9.17) is 10.5 Å². The third-order valence-electron chi connectivity index (χ3n) is 4.01. The number of nitrogens with two attached hydrogens (primary N) is 1. The van der Waals surface area contributed by atoms with Crippen LogP contribution in [0.1, 0.15) is 28.1 Å². The number of ether oxygens (including phenoxy) is 1. The Balaban J connectivity index is 1.63. The Kier molecular flexibility index (Phi) is 3.77. The summed E-state index contributed by atoms with van der Waals surface area (Å²) in [6, 6.07) is 1.27. The van der Waals surface area contributed by atoms with Crippen LogP contribution in [0.15, 0.2) is 11.4 Å². The summed E-state index contributed by atoms with van der Waals surface area (Å²) in [5.74, 6) is -0.552. The smallest absolute Gasteiger partial charge is 0.249 e. The molecule has 0 saturated carbocycles. The largest absolute Gasteiger partial charge is 0.368 e. The molecule has 6 nitrogen and oxygen atoms in total. The Morgan fingerprint density at radius 1 is 1.48 bits per heavy atom. The predicted octanol–water partition coefficient (Wildman–Crippen LogP) is 0.348. The number of primary amides is 1. The average molecular weight is 308 g/mol. The van der Waals surface area contributed by atoms with Crippen molar-refractivity contribution in [2.24, 2.45) is 5.73 Å². The first-order valence-corrected chi connectivity index (χ1v) is 7.76. The first-order chi connectivity index (χ1) is 10.1. The lowest BCUT2D eigenvalue weighted by Gasteiger charge is -2.21. The molecule has 1 aromatic rings. The molecular formula is C14H16N2O4S. The van der Waals surface area contributed by atoms with E-state index in [1.165, 1.54) is 11.3 Å². The first-order valence-electron chi connectivity index (χ1n) is 6.88. The quantitative estimate of drug-likeness (QED) is 0.869. The molecule has 7 heteroatoms. The van der Waals surface area contributed by atoms with Gasteiger partial charge in [0, 0.05) is 17.8 Å². The van der Waals surface area contributed by atoms with Gasteiger partial charge in [0.15, 0.2) is 5.78 Å². The van der Waals surface area contributed by atoms with Gasteiger partial charge in [-0.15, -0.1) is 11.3 Å².